The number of halogens is 3. The van der Waals surface area contributed by atoms with Crippen molar-refractivity contribution in [3.63, 3.8) is 0 Å². The number of β-amino-alcohol motifs (C(OH)–C–C–N with tert-alkyl or cyclic N) is 1. The van der Waals surface area contributed by atoms with Crippen LogP contribution in [0.3, 0.4) is 0 Å². The highest BCUT2D eigenvalue weighted by atomic mass is 32.2. The van der Waals surface area contributed by atoms with Gasteiger partial charge in [0.15, 0.2) is 11.6 Å². The molecule has 76 heavy (non-hydrogen) atoms. The maximum atomic E-state index is 15.8. The van der Waals surface area contributed by atoms with E-state index in [0.29, 0.717) is 35.5 Å². The first-order chi connectivity index (χ1) is 36.6. The van der Waals surface area contributed by atoms with Gasteiger partial charge in [-0.15, -0.1) is 11.3 Å². The summed E-state index contributed by atoms with van der Waals surface area (Å²) in [7, 11) is -4.25. The van der Waals surface area contributed by atoms with Crippen molar-refractivity contribution in [1.82, 2.24) is 39.5 Å². The van der Waals surface area contributed by atoms with Crippen LogP contribution in [0.25, 0.3) is 32.6 Å². The average Bonchev–Trinajstić information content (AvgIpc) is 4.30. The van der Waals surface area contributed by atoms with Crippen molar-refractivity contribution in [2.24, 2.45) is 5.92 Å². The van der Waals surface area contributed by atoms with E-state index in [9.17, 15) is 27.5 Å². The van der Waals surface area contributed by atoms with Gasteiger partial charge in [0.25, 0.3) is 5.88 Å². The quantitative estimate of drug-likeness (QED) is 0.0663. The third-order valence-electron chi connectivity index (χ3n) is 14.5. The Morgan fingerprint density at radius 2 is 1.72 bits per heavy atom. The summed E-state index contributed by atoms with van der Waals surface area (Å²) in [4.78, 5) is 46.8. The Morgan fingerprint density at radius 3 is 2.43 bits per heavy atom. The van der Waals surface area contributed by atoms with Crippen LogP contribution in [-0.4, -0.2) is 137 Å². The zero-order chi connectivity index (χ0) is 53.3. The first-order valence-electron chi connectivity index (χ1n) is 25.4. The van der Waals surface area contributed by atoms with E-state index in [1.54, 1.807) is 29.8 Å². The fourth-order valence-electron chi connectivity index (χ4n) is 10.2. The smallest absolute Gasteiger partial charge is 0.301 e. The SMILES string of the molecule is Cc1ncsc1-c1ccc(CNC(=O)[C@@H]2C[C@@H](O)CN2C(=O)[C@H](c2cc(OCCN3CCN(c4ccc(-c5cnc6[nH]cc(Cc7c(F)ccc(NS(=O)(=O)N8CC[C@@H](F)C8)c7F)c6c5)cc4)CC3)no2)C(C)C)cc1. The van der Waals surface area contributed by atoms with Crippen molar-refractivity contribution in [3.8, 4) is 27.4 Å². The third kappa shape index (κ3) is 11.5. The molecule has 3 saturated heterocycles. The van der Waals surface area contributed by atoms with Crippen molar-refractivity contribution >= 4 is 55.8 Å². The second-order valence-electron chi connectivity index (χ2n) is 19.9. The van der Waals surface area contributed by atoms with Crippen LogP contribution in [0.4, 0.5) is 24.5 Å². The molecule has 4 atom stereocenters. The number of carbonyl (C=O) groups is 2. The number of pyridine rings is 1. The van der Waals surface area contributed by atoms with Crippen LogP contribution in [0, 0.1) is 24.5 Å². The molecule has 3 aliphatic rings. The molecule has 0 aliphatic carbocycles. The summed E-state index contributed by atoms with van der Waals surface area (Å²) in [5.74, 6) is -2.92. The second-order valence-corrected chi connectivity index (χ2v) is 22.5. The molecule has 400 valence electrons. The molecule has 0 bridgehead atoms. The first-order valence-corrected chi connectivity index (χ1v) is 27.7. The van der Waals surface area contributed by atoms with Gasteiger partial charge >= 0.3 is 10.2 Å². The molecule has 10 rings (SSSR count). The van der Waals surface area contributed by atoms with Gasteiger partial charge in [-0.05, 0) is 77.0 Å². The number of fused-ring (bicyclic) bond motifs is 1. The molecule has 3 aromatic carbocycles. The van der Waals surface area contributed by atoms with Crippen molar-refractivity contribution < 1.29 is 45.5 Å². The Bertz CT molecular complexity index is 3310. The first kappa shape index (κ1) is 52.6. The van der Waals surface area contributed by atoms with Crippen LogP contribution in [0.5, 0.6) is 5.88 Å². The number of aromatic amines is 1. The molecule has 3 aliphatic heterocycles. The number of hydrogen-bond donors (Lipinski definition) is 4. The molecule has 4 N–H and O–H groups in total. The largest absolute Gasteiger partial charge is 0.474 e. The number of piperazine rings is 1. The molecule has 0 radical (unpaired) electrons. The van der Waals surface area contributed by atoms with Gasteiger partial charge in [0.2, 0.25) is 11.8 Å². The van der Waals surface area contributed by atoms with Crippen LogP contribution >= 0.6 is 11.3 Å². The molecule has 0 saturated carbocycles. The number of alkyl halides is 1. The molecule has 7 aromatic rings. The lowest BCUT2D eigenvalue weighted by molar-refractivity contribution is -0.141. The molecule has 0 unspecified atom stereocenters. The standard InChI is InChI=1S/C54H59F3N10O7S2/c1-32(2)49(54(70)67-30-41(68)24-46(67)53(69)60-26-34-4-6-36(7-5-34)51-33(3)61-31-75-51)47-25-48(62-74-47)73-21-20-64-16-18-65(19-17-64)40-10-8-35(9-11-40)37-22-42-38(28-59-52(42)58-27-37)23-43-44(56)12-13-45(50(43)57)63-76(71,72)66-15-14-39(55)29-66/h4-13,22,25,27-28,31-32,39,41,46,49,63,68H,14-21,23-24,26,29-30H2,1-3H3,(H,58,59)(H,60,69)/t39-,41-,46+,49+/m1/s1. The van der Waals surface area contributed by atoms with Gasteiger partial charge in [0.05, 0.1) is 27.9 Å². The van der Waals surface area contributed by atoms with Crippen LogP contribution in [0.2, 0.25) is 0 Å². The van der Waals surface area contributed by atoms with E-state index in [-0.39, 0.29) is 74.6 Å². The number of thiazole rings is 1. The minimum absolute atomic E-state index is 0.0300. The minimum Gasteiger partial charge on any atom is -0.474 e. The topological polar surface area (TPSA) is 202 Å². The Labute approximate surface area is 442 Å². The number of ether oxygens (including phenoxy) is 1. The fraction of sp³-hybridized carbons (Fsp3) is 0.389. The second kappa shape index (κ2) is 22.4. The number of rotatable bonds is 18. The minimum atomic E-state index is -4.25. The number of benzene rings is 3. The number of aliphatic hydroxyl groups is 1. The van der Waals surface area contributed by atoms with E-state index < -0.39 is 51.8 Å². The van der Waals surface area contributed by atoms with Crippen LogP contribution < -0.4 is 19.7 Å². The average molecular weight is 1080 g/mol. The highest BCUT2D eigenvalue weighted by molar-refractivity contribution is 7.90. The number of nitrogens with zero attached hydrogens (tertiary/aromatic N) is 7. The monoisotopic (exact) mass is 1080 g/mol. The van der Waals surface area contributed by atoms with Gasteiger partial charge in [-0.2, -0.15) is 12.7 Å². The van der Waals surface area contributed by atoms with Gasteiger partial charge in [-0.1, -0.05) is 50.2 Å². The predicted octanol–water partition coefficient (Wildman–Crippen LogP) is 7.44. The highest BCUT2D eigenvalue weighted by Crippen LogP contribution is 2.35. The normalized spacial score (nSPS) is 19.0. The molecule has 2 amide bonds. The number of amides is 2. The molecule has 0 spiro atoms. The lowest BCUT2D eigenvalue weighted by Gasteiger charge is -2.36. The Balaban J connectivity index is 0.698. The number of anilines is 2. The molecule has 7 heterocycles. The van der Waals surface area contributed by atoms with E-state index in [2.05, 4.69) is 39.9 Å². The maximum absolute atomic E-state index is 15.8. The van der Waals surface area contributed by atoms with Gasteiger partial charge in [-0.3, -0.25) is 19.2 Å². The van der Waals surface area contributed by atoms with Crippen molar-refractivity contribution in [3.05, 3.63) is 130 Å². The summed E-state index contributed by atoms with van der Waals surface area (Å²) in [5.41, 5.74) is 7.83. The van der Waals surface area contributed by atoms with Crippen molar-refractivity contribution in [2.45, 2.75) is 70.8 Å². The van der Waals surface area contributed by atoms with Crippen molar-refractivity contribution in [2.75, 3.05) is 68.6 Å². The number of likely N-dealkylation sites (tertiary alicyclic amines) is 1. The molecule has 22 heteroatoms. The van der Waals surface area contributed by atoms with Crippen molar-refractivity contribution in [1.29, 1.82) is 0 Å². The fourth-order valence-corrected chi connectivity index (χ4v) is 12.3. The number of aromatic nitrogens is 4. The molecule has 3 fully saturated rings. The zero-order valence-corrected chi connectivity index (χ0v) is 43.8. The summed E-state index contributed by atoms with van der Waals surface area (Å²) < 4.78 is 85.2. The zero-order valence-electron chi connectivity index (χ0n) is 42.2. The summed E-state index contributed by atoms with van der Waals surface area (Å²) in [5, 5.41) is 18.4. The summed E-state index contributed by atoms with van der Waals surface area (Å²) in [6.07, 6.45) is 1.20. The number of carbonyl (C=O) groups excluding carboxylic acids is 2. The van der Waals surface area contributed by atoms with Gasteiger partial charge in [0, 0.05) is 112 Å². The lowest BCUT2D eigenvalue weighted by atomic mass is 9.91. The van der Waals surface area contributed by atoms with Gasteiger partial charge in [0.1, 0.15) is 36.2 Å². The third-order valence-corrected chi connectivity index (χ3v) is 16.9. The number of H-pyrrole nitrogens is 1. The predicted molar refractivity (Wildman–Crippen MR) is 283 cm³/mol. The number of aryl methyl sites for hydroxylation is 1. The van der Waals surface area contributed by atoms with E-state index in [1.807, 2.05) is 80.9 Å². The Kier molecular flexibility index (Phi) is 15.5. The maximum Gasteiger partial charge on any atom is 0.301 e. The molecule has 4 aromatic heterocycles. The lowest BCUT2D eigenvalue weighted by Crippen LogP contribution is -2.48. The van der Waals surface area contributed by atoms with E-state index >= 15 is 8.78 Å². The van der Waals surface area contributed by atoms with Crippen LogP contribution in [0.1, 0.15) is 60.8 Å². The Morgan fingerprint density at radius 1 is 0.961 bits per heavy atom. The Hall–Kier alpha value is -6.85. The summed E-state index contributed by atoms with van der Waals surface area (Å²) in [6.45, 7) is 9.83. The molecular weight excluding hydrogens is 1020 g/mol. The van der Waals surface area contributed by atoms with E-state index in [1.165, 1.54) is 4.90 Å². The number of nitrogens with one attached hydrogen (secondary N) is 3. The van der Waals surface area contributed by atoms with Gasteiger partial charge < -0.3 is 34.5 Å². The van der Waals surface area contributed by atoms with E-state index in [0.717, 1.165) is 81.1 Å². The molecular formula is C54H59F3N10O7S2. The van der Waals surface area contributed by atoms with Crippen LogP contribution in [-0.2, 0) is 32.8 Å². The van der Waals surface area contributed by atoms with E-state index in [4.69, 9.17) is 9.26 Å². The molecule has 17 nitrogen and oxygen atoms in total. The van der Waals surface area contributed by atoms with Gasteiger partial charge in [-0.25, -0.2) is 23.1 Å². The summed E-state index contributed by atoms with van der Waals surface area (Å²) in [6, 6.07) is 20.8. The summed E-state index contributed by atoms with van der Waals surface area (Å²) >= 11 is 1.58. The highest BCUT2D eigenvalue weighted by Gasteiger charge is 2.43. The van der Waals surface area contributed by atoms with Crippen LogP contribution in [0.15, 0.2) is 95.2 Å². The number of aliphatic hydroxyl groups excluding tert-OH is 1. The number of hydrogen-bond acceptors (Lipinski definition) is 13.